The molecule has 1 unspecified atom stereocenters. The van der Waals surface area contributed by atoms with Crippen LogP contribution in [0.15, 0.2) is 18.2 Å². The zero-order valence-electron chi connectivity index (χ0n) is 32.7. The molecule has 53 heavy (non-hydrogen) atoms. The number of nitrogens with one attached hydrogen (secondary N) is 5. The summed E-state index contributed by atoms with van der Waals surface area (Å²) in [5, 5.41) is 12.9. The normalized spacial score (nSPS) is 10.8. The highest BCUT2D eigenvalue weighted by molar-refractivity contribution is 5.99. The number of ketones is 1. The molecule has 0 saturated carbocycles. The van der Waals surface area contributed by atoms with Crippen LogP contribution in [-0.2, 0) is 44.9 Å². The van der Waals surface area contributed by atoms with E-state index in [2.05, 4.69) is 32.3 Å². The van der Waals surface area contributed by atoms with Crippen molar-refractivity contribution in [1.29, 1.82) is 0 Å². The van der Waals surface area contributed by atoms with E-state index >= 15 is 0 Å². The zero-order chi connectivity index (χ0) is 40.9. The predicted octanol–water partition coefficient (Wildman–Crippen LogP) is 2.08. The van der Waals surface area contributed by atoms with Gasteiger partial charge in [-0.3, -0.25) is 38.4 Å². The zero-order valence-corrected chi connectivity index (χ0v) is 32.7. The van der Waals surface area contributed by atoms with Gasteiger partial charge in [-0.05, 0) is 37.8 Å². The molecule has 0 fully saturated rings. The third-order valence-electron chi connectivity index (χ3n) is 7.41. The third-order valence-corrected chi connectivity index (χ3v) is 7.41. The van der Waals surface area contributed by atoms with Gasteiger partial charge in [0.1, 0.15) is 12.4 Å². The molecule has 9 N–H and O–H groups in total. The van der Waals surface area contributed by atoms with Crippen LogP contribution < -0.4 is 38.1 Å². The van der Waals surface area contributed by atoms with Crippen molar-refractivity contribution in [2.45, 2.75) is 107 Å². The highest BCUT2D eigenvalue weighted by atomic mass is 16.5. The summed E-state index contributed by atoms with van der Waals surface area (Å²) in [6.07, 6.45) is 4.30. The van der Waals surface area contributed by atoms with Crippen molar-refractivity contribution in [3.8, 4) is 0 Å². The Morgan fingerprint density at radius 2 is 1.43 bits per heavy atom. The maximum atomic E-state index is 12.3. The summed E-state index contributed by atoms with van der Waals surface area (Å²) in [7, 11) is 0. The van der Waals surface area contributed by atoms with Gasteiger partial charge < -0.3 is 42.8 Å². The van der Waals surface area contributed by atoms with Crippen LogP contribution in [0.5, 0.6) is 0 Å². The smallest absolute Gasteiger partial charge is 0.308 e. The Hall–Kier alpha value is -4.86. The number of unbranched alkanes of at least 4 members (excludes halogenated alkanes) is 2. The Balaban J connectivity index is 0. The lowest BCUT2D eigenvalue weighted by Gasteiger charge is -2.17. The van der Waals surface area contributed by atoms with E-state index < -0.39 is 11.8 Å². The summed E-state index contributed by atoms with van der Waals surface area (Å²) >= 11 is 0. The van der Waals surface area contributed by atoms with Gasteiger partial charge in [-0.25, -0.2) is 0 Å². The number of rotatable bonds is 22. The van der Waals surface area contributed by atoms with E-state index in [0.29, 0.717) is 42.8 Å². The maximum Gasteiger partial charge on any atom is 0.308 e. The van der Waals surface area contributed by atoms with Crippen LogP contribution in [0.2, 0.25) is 0 Å². The second kappa shape index (κ2) is 29.7. The van der Waals surface area contributed by atoms with Crippen LogP contribution in [0, 0.1) is 17.8 Å². The topological polar surface area (TPSA) is 258 Å². The van der Waals surface area contributed by atoms with Crippen LogP contribution in [0.25, 0.3) is 0 Å². The van der Waals surface area contributed by atoms with Crippen molar-refractivity contribution in [2.24, 2.45) is 29.2 Å². The monoisotopic (exact) mass is 749 g/mol. The molecule has 0 bridgehead atoms. The molecule has 1 rings (SSSR count). The molecule has 300 valence electrons. The van der Waals surface area contributed by atoms with E-state index in [9.17, 15) is 38.4 Å². The van der Waals surface area contributed by atoms with E-state index in [4.69, 9.17) is 10.5 Å². The van der Waals surface area contributed by atoms with E-state index in [-0.39, 0.29) is 85.7 Å². The molecule has 16 heteroatoms. The van der Waals surface area contributed by atoms with Crippen molar-refractivity contribution < 1.29 is 43.1 Å². The molecule has 0 spiro atoms. The van der Waals surface area contributed by atoms with Gasteiger partial charge in [0, 0.05) is 61.1 Å². The highest BCUT2D eigenvalue weighted by Gasteiger charge is 2.16. The first-order valence-electron chi connectivity index (χ1n) is 18.0. The minimum Gasteiger partial charge on any atom is -0.461 e. The lowest BCUT2D eigenvalue weighted by atomic mass is 10.0. The number of hydrogen-bond donors (Lipinski definition) is 7. The summed E-state index contributed by atoms with van der Waals surface area (Å²) in [6.45, 7) is 15.3. The molecule has 1 aromatic rings. The first-order chi connectivity index (χ1) is 24.9. The molecule has 0 aliphatic rings. The molecule has 0 aromatic heterocycles. The lowest BCUT2D eigenvalue weighted by molar-refractivity contribution is -0.148. The first-order valence-corrected chi connectivity index (χ1v) is 18.0. The number of esters is 1. The number of carbonyl (C=O) groups is 8. The molecular formula is C37H63N7O9. The van der Waals surface area contributed by atoms with Gasteiger partial charge in [0.15, 0.2) is 0 Å². The molecule has 0 radical (unpaired) electrons. The van der Waals surface area contributed by atoms with E-state index in [1.807, 2.05) is 34.6 Å². The minimum atomic E-state index is -0.440. The van der Waals surface area contributed by atoms with Crippen LogP contribution in [0.4, 0.5) is 5.69 Å². The number of anilines is 1. The number of carbonyl (C=O) groups excluding carboxylic acids is 8. The van der Waals surface area contributed by atoms with Crippen LogP contribution in [0.1, 0.15) is 110 Å². The van der Waals surface area contributed by atoms with Crippen LogP contribution >= 0.6 is 0 Å². The Kier molecular flexibility index (Phi) is 28.1. The third kappa shape index (κ3) is 26.6. The van der Waals surface area contributed by atoms with Crippen molar-refractivity contribution in [2.75, 3.05) is 31.5 Å². The number of amides is 6. The quantitative estimate of drug-likeness (QED) is 0.0516. The second-order valence-corrected chi connectivity index (χ2v) is 13.1. The fourth-order valence-corrected chi connectivity index (χ4v) is 3.72. The van der Waals surface area contributed by atoms with Gasteiger partial charge in [-0.2, -0.15) is 0 Å². The van der Waals surface area contributed by atoms with Gasteiger partial charge in [0.05, 0.1) is 19.0 Å². The minimum absolute atomic E-state index is 0.0295. The maximum absolute atomic E-state index is 12.3. The van der Waals surface area contributed by atoms with Gasteiger partial charge in [-0.1, -0.05) is 61.0 Å². The van der Waals surface area contributed by atoms with E-state index in [1.165, 1.54) is 6.07 Å². The van der Waals surface area contributed by atoms with E-state index in [0.717, 1.165) is 19.3 Å². The number of hydrogen-bond acceptors (Lipinski definition) is 10. The predicted molar refractivity (Wildman–Crippen MR) is 203 cm³/mol. The molecule has 0 saturated heterocycles. The summed E-state index contributed by atoms with van der Waals surface area (Å²) in [5.74, 6) is -1.27. The van der Waals surface area contributed by atoms with Crippen LogP contribution in [-0.4, -0.2) is 79.9 Å². The highest BCUT2D eigenvalue weighted by Crippen LogP contribution is 2.18. The van der Waals surface area contributed by atoms with Crippen molar-refractivity contribution in [3.05, 3.63) is 29.3 Å². The number of benzene rings is 1. The van der Waals surface area contributed by atoms with Gasteiger partial charge in [0.25, 0.3) is 5.91 Å². The Bertz CT molecular complexity index is 1320. The second-order valence-electron chi connectivity index (χ2n) is 13.1. The lowest BCUT2D eigenvalue weighted by Crippen LogP contribution is -2.42. The standard InChI is InChI=1S/C17H24N4O5.C17H32N2O3.C3H7NO/c1-11(2)17(25)26-9-12-3-4-13(21-15(23)8-19-10-22)7-14(12)16(24)20-6-5-18;1-12(2)14(5)19-17(22)11-18-16(21)10-8-6-7-9-15(20)13(3)4;1-2-3(4)5/h3-4,7,10-11H,5-6,8-9,18H2,1-2H3,(H,19,22)(H,20,24)(H,21,23);12-14H,6-11H2,1-5H3,(H,18,21)(H,19,22);2H2,1H3,(H2,4,5). The molecule has 0 aliphatic carbocycles. The number of primary amides is 1. The largest absolute Gasteiger partial charge is 0.461 e. The van der Waals surface area contributed by atoms with Crippen molar-refractivity contribution in [1.82, 2.24) is 21.3 Å². The summed E-state index contributed by atoms with van der Waals surface area (Å²) in [4.78, 5) is 90.1. The number of Topliss-reactive ketones (excluding diaryl/α,β-unsaturated/α-hetero) is 1. The van der Waals surface area contributed by atoms with Crippen LogP contribution in [0.3, 0.4) is 0 Å². The Labute approximate surface area is 314 Å². The van der Waals surface area contributed by atoms with Gasteiger partial charge >= 0.3 is 5.97 Å². The molecule has 0 aliphatic heterocycles. The molecular weight excluding hydrogens is 686 g/mol. The number of nitrogens with two attached hydrogens (primary N) is 2. The van der Waals surface area contributed by atoms with Gasteiger partial charge in [0.2, 0.25) is 30.0 Å². The first kappa shape index (κ1) is 50.2. The summed E-state index contributed by atoms with van der Waals surface area (Å²) in [5.41, 5.74) is 11.2. The Morgan fingerprint density at radius 1 is 0.811 bits per heavy atom. The van der Waals surface area contributed by atoms with E-state index in [1.54, 1.807) is 32.9 Å². The molecule has 1 atom stereocenters. The summed E-state index contributed by atoms with van der Waals surface area (Å²) in [6, 6.07) is 4.75. The summed E-state index contributed by atoms with van der Waals surface area (Å²) < 4.78 is 5.18. The fraction of sp³-hybridized carbons (Fsp3) is 0.622. The Morgan fingerprint density at radius 3 is 1.96 bits per heavy atom. The van der Waals surface area contributed by atoms with Crippen molar-refractivity contribution in [3.63, 3.8) is 0 Å². The molecule has 0 heterocycles. The average Bonchev–Trinajstić information content (AvgIpc) is 3.11. The average molecular weight is 750 g/mol. The van der Waals surface area contributed by atoms with Gasteiger partial charge in [-0.15, -0.1) is 0 Å². The fourth-order valence-electron chi connectivity index (χ4n) is 3.72. The molecule has 1 aromatic carbocycles. The SMILES string of the molecule is CC(C)C(=O)CCCCCC(=O)NCC(=O)NC(C)C(C)C.CC(C)C(=O)OCc1ccc(NC(=O)CNC=O)cc1C(=O)NCCN.CCC(N)=O. The number of ether oxygens (including phenoxy) is 1. The van der Waals surface area contributed by atoms with Crippen molar-refractivity contribution >= 4 is 53.4 Å². The molecule has 6 amide bonds. The molecule has 16 nitrogen and oxygen atoms in total.